The molecule has 1 aromatic carbocycles. The van der Waals surface area contributed by atoms with Crippen LogP contribution in [0.5, 0.6) is 0 Å². The molecule has 1 fully saturated rings. The van der Waals surface area contributed by atoms with Gasteiger partial charge < -0.3 is 0 Å². The van der Waals surface area contributed by atoms with Crippen molar-refractivity contribution in [2.45, 2.75) is 37.6 Å². The highest BCUT2D eigenvalue weighted by Crippen LogP contribution is 2.26. The van der Waals surface area contributed by atoms with Crippen LogP contribution in [0.2, 0.25) is 0 Å². The molecule has 2 atom stereocenters. The molecule has 0 aliphatic carbocycles. The van der Waals surface area contributed by atoms with E-state index >= 15 is 0 Å². The molecule has 0 bridgehead atoms. The van der Waals surface area contributed by atoms with E-state index in [-0.39, 0.29) is 17.7 Å². The minimum atomic E-state index is -3.71. The Hall–Kier alpha value is -1.05. The minimum absolute atomic E-state index is 0.00370. The van der Waals surface area contributed by atoms with E-state index in [0.717, 1.165) is 22.0 Å². The zero-order chi connectivity index (χ0) is 15.5. The Morgan fingerprint density at radius 1 is 1.33 bits per heavy atom. The lowest BCUT2D eigenvalue weighted by Crippen LogP contribution is -2.35. The van der Waals surface area contributed by atoms with Crippen LogP contribution in [0.25, 0.3) is 0 Å². The summed E-state index contributed by atoms with van der Waals surface area (Å²) >= 11 is 1.34. The summed E-state index contributed by atoms with van der Waals surface area (Å²) in [5.41, 5.74) is 0. The van der Waals surface area contributed by atoms with Crippen molar-refractivity contribution in [1.82, 2.24) is 9.03 Å². The van der Waals surface area contributed by atoms with Gasteiger partial charge in [-0.15, -0.1) is 11.8 Å². The van der Waals surface area contributed by atoms with E-state index in [1.54, 1.807) is 0 Å². The first-order chi connectivity index (χ1) is 9.95. The smallest absolute Gasteiger partial charge is 0.272 e. The Labute approximate surface area is 130 Å². The molecule has 1 aliphatic rings. The van der Waals surface area contributed by atoms with Crippen molar-refractivity contribution in [2.24, 2.45) is 5.92 Å². The van der Waals surface area contributed by atoms with Crippen LogP contribution in [0.4, 0.5) is 0 Å². The van der Waals surface area contributed by atoms with Crippen LogP contribution in [-0.2, 0) is 15.0 Å². The van der Waals surface area contributed by atoms with Crippen molar-refractivity contribution in [2.75, 3.05) is 5.88 Å². The average molecular weight is 328 g/mol. The van der Waals surface area contributed by atoms with E-state index in [2.05, 4.69) is 4.72 Å². The lowest BCUT2D eigenvalue weighted by molar-refractivity contribution is -0.127. The first kappa shape index (κ1) is 16.3. The number of benzene rings is 1. The van der Waals surface area contributed by atoms with Gasteiger partial charge in [0.2, 0.25) is 0 Å². The molecule has 1 amide bonds. The van der Waals surface area contributed by atoms with E-state index in [1.807, 2.05) is 44.2 Å². The second kappa shape index (κ2) is 6.81. The summed E-state index contributed by atoms with van der Waals surface area (Å²) in [5, 5.41) is 0. The van der Waals surface area contributed by atoms with E-state index in [4.69, 9.17) is 0 Å². The molecule has 1 aliphatic heterocycles. The van der Waals surface area contributed by atoms with Crippen molar-refractivity contribution in [1.29, 1.82) is 0 Å². The van der Waals surface area contributed by atoms with Gasteiger partial charge in [-0.05, 0) is 24.5 Å². The summed E-state index contributed by atoms with van der Waals surface area (Å²) in [6, 6.07) is 8.81. The van der Waals surface area contributed by atoms with Crippen molar-refractivity contribution in [3.05, 3.63) is 30.3 Å². The number of hydrogen-bond acceptors (Lipinski definition) is 4. The second-order valence-electron chi connectivity index (χ2n) is 5.14. The van der Waals surface area contributed by atoms with Gasteiger partial charge >= 0.3 is 10.2 Å². The van der Waals surface area contributed by atoms with Crippen LogP contribution in [-0.4, -0.2) is 30.5 Å². The minimum Gasteiger partial charge on any atom is -0.272 e. The summed E-state index contributed by atoms with van der Waals surface area (Å²) in [6.45, 7) is 3.93. The zero-order valence-electron chi connectivity index (χ0n) is 12.2. The Bertz CT molecular complexity index is 589. The van der Waals surface area contributed by atoms with Crippen LogP contribution < -0.4 is 4.72 Å². The SMILES string of the molecule is CCCC(C)C1NS(=O)(=O)N(CSc2ccccc2)C1=O. The maximum absolute atomic E-state index is 12.3. The van der Waals surface area contributed by atoms with Crippen LogP contribution in [0.3, 0.4) is 0 Å². The van der Waals surface area contributed by atoms with E-state index in [9.17, 15) is 13.2 Å². The fraction of sp³-hybridized carbons (Fsp3) is 0.500. The zero-order valence-corrected chi connectivity index (χ0v) is 13.8. The van der Waals surface area contributed by atoms with Crippen LogP contribution in [0.1, 0.15) is 26.7 Å². The van der Waals surface area contributed by atoms with Crippen molar-refractivity contribution < 1.29 is 13.2 Å². The molecule has 1 heterocycles. The third-order valence-electron chi connectivity index (χ3n) is 3.48. The molecule has 2 unspecified atom stereocenters. The van der Waals surface area contributed by atoms with Gasteiger partial charge in [0, 0.05) is 4.90 Å². The highest BCUT2D eigenvalue weighted by molar-refractivity contribution is 8.00. The van der Waals surface area contributed by atoms with Crippen LogP contribution >= 0.6 is 11.8 Å². The fourth-order valence-corrected chi connectivity index (χ4v) is 4.90. The summed E-state index contributed by atoms with van der Waals surface area (Å²) in [4.78, 5) is 13.3. The van der Waals surface area contributed by atoms with Crippen LogP contribution in [0.15, 0.2) is 35.2 Å². The van der Waals surface area contributed by atoms with Gasteiger partial charge in [-0.1, -0.05) is 38.5 Å². The highest BCUT2D eigenvalue weighted by atomic mass is 32.2. The highest BCUT2D eigenvalue weighted by Gasteiger charge is 2.44. The van der Waals surface area contributed by atoms with Gasteiger partial charge in [-0.2, -0.15) is 13.1 Å². The predicted molar refractivity (Wildman–Crippen MR) is 83.9 cm³/mol. The lowest BCUT2D eigenvalue weighted by atomic mass is 9.97. The first-order valence-electron chi connectivity index (χ1n) is 6.97. The monoisotopic (exact) mass is 328 g/mol. The molecule has 2 rings (SSSR count). The summed E-state index contributed by atoms with van der Waals surface area (Å²) in [5.74, 6) is -0.239. The molecule has 0 aromatic heterocycles. The lowest BCUT2D eigenvalue weighted by Gasteiger charge is -2.16. The molecule has 0 radical (unpaired) electrons. The molecule has 21 heavy (non-hydrogen) atoms. The third-order valence-corrected chi connectivity index (χ3v) is 6.08. The standard InChI is InChI=1S/C14H20N2O3S2/c1-3-7-11(2)13-14(17)16(21(18,19)15-13)10-20-12-8-5-4-6-9-12/h4-6,8-9,11,13,15H,3,7,10H2,1-2H3. The van der Waals surface area contributed by atoms with E-state index in [0.29, 0.717) is 0 Å². The Morgan fingerprint density at radius 3 is 2.62 bits per heavy atom. The van der Waals surface area contributed by atoms with Gasteiger partial charge in [-0.25, -0.2) is 4.31 Å². The number of amides is 1. The summed E-state index contributed by atoms with van der Waals surface area (Å²) in [6.07, 6.45) is 1.74. The molecule has 1 saturated heterocycles. The van der Waals surface area contributed by atoms with Crippen LogP contribution in [0, 0.1) is 5.92 Å². The van der Waals surface area contributed by atoms with Crippen molar-refractivity contribution in [3.63, 3.8) is 0 Å². The normalized spacial score (nSPS) is 22.5. The van der Waals surface area contributed by atoms with Gasteiger partial charge in [0.25, 0.3) is 5.91 Å². The molecule has 0 spiro atoms. The van der Waals surface area contributed by atoms with Crippen molar-refractivity contribution in [3.8, 4) is 0 Å². The fourth-order valence-electron chi connectivity index (χ4n) is 2.31. The van der Waals surface area contributed by atoms with Gasteiger partial charge in [0.15, 0.2) is 0 Å². The Morgan fingerprint density at radius 2 is 2.00 bits per heavy atom. The third kappa shape index (κ3) is 3.78. The molecule has 1 aromatic rings. The molecular formula is C14H20N2O3S2. The maximum Gasteiger partial charge on any atom is 0.305 e. The number of nitrogens with zero attached hydrogens (tertiary/aromatic N) is 1. The number of hydrogen-bond donors (Lipinski definition) is 1. The summed E-state index contributed by atoms with van der Waals surface area (Å²) in [7, 11) is -3.71. The van der Waals surface area contributed by atoms with E-state index in [1.165, 1.54) is 11.8 Å². The number of carbonyl (C=O) groups is 1. The summed E-state index contributed by atoms with van der Waals surface area (Å²) < 4.78 is 27.6. The van der Waals surface area contributed by atoms with Crippen molar-refractivity contribution >= 4 is 27.9 Å². The topological polar surface area (TPSA) is 66.5 Å². The molecule has 116 valence electrons. The van der Waals surface area contributed by atoms with Gasteiger partial charge in [-0.3, -0.25) is 4.79 Å². The predicted octanol–water partition coefficient (Wildman–Crippen LogP) is 2.22. The number of thioether (sulfide) groups is 1. The Balaban J connectivity index is 2.07. The number of carbonyl (C=O) groups excluding carboxylic acids is 1. The quantitative estimate of drug-likeness (QED) is 0.813. The average Bonchev–Trinajstić information content (AvgIpc) is 2.68. The maximum atomic E-state index is 12.3. The van der Waals surface area contributed by atoms with Gasteiger partial charge in [0.05, 0.1) is 5.88 Å². The molecule has 7 heteroatoms. The molecule has 5 nitrogen and oxygen atoms in total. The Kier molecular flexibility index (Phi) is 5.29. The number of rotatable bonds is 6. The molecule has 1 N–H and O–H groups in total. The number of nitrogens with one attached hydrogen (secondary N) is 1. The molecular weight excluding hydrogens is 308 g/mol. The first-order valence-corrected chi connectivity index (χ1v) is 9.40. The largest absolute Gasteiger partial charge is 0.305 e. The van der Waals surface area contributed by atoms with E-state index < -0.39 is 16.3 Å². The van der Waals surface area contributed by atoms with Gasteiger partial charge in [0.1, 0.15) is 6.04 Å². The second-order valence-corrected chi connectivity index (χ2v) is 7.78. The molecule has 0 saturated carbocycles.